The number of sulfonamides is 1. The third-order valence-electron chi connectivity index (χ3n) is 2.89. The number of rotatable bonds is 5. The molecule has 0 heterocycles. The first-order chi connectivity index (χ1) is 9.94. The Labute approximate surface area is 128 Å². The lowest BCUT2D eigenvalue weighted by Gasteiger charge is -2.11. The van der Waals surface area contributed by atoms with Crippen LogP contribution in [0.5, 0.6) is 5.75 Å². The maximum atomic E-state index is 12.3. The SMILES string of the molecule is COc1ccccc1CNS(=O)(=O)c1ccc(N)cc1Cl. The van der Waals surface area contributed by atoms with Crippen LogP contribution in [0.1, 0.15) is 5.56 Å². The molecule has 7 heteroatoms. The number of para-hydroxylation sites is 1. The molecule has 2 aromatic carbocycles. The molecule has 0 saturated heterocycles. The quantitative estimate of drug-likeness (QED) is 0.827. The van der Waals surface area contributed by atoms with Crippen LogP contribution in [-0.4, -0.2) is 15.5 Å². The summed E-state index contributed by atoms with van der Waals surface area (Å²) in [6.45, 7) is 0.104. The van der Waals surface area contributed by atoms with E-state index in [1.54, 1.807) is 12.1 Å². The molecule has 0 aromatic heterocycles. The molecule has 5 nitrogen and oxygen atoms in total. The minimum atomic E-state index is -3.72. The van der Waals surface area contributed by atoms with Gasteiger partial charge in [-0.25, -0.2) is 13.1 Å². The summed E-state index contributed by atoms with van der Waals surface area (Å²) in [7, 11) is -2.19. The van der Waals surface area contributed by atoms with Crippen LogP contribution in [0.15, 0.2) is 47.4 Å². The summed E-state index contributed by atoms with van der Waals surface area (Å²) in [6.07, 6.45) is 0. The Morgan fingerprint density at radius 2 is 1.95 bits per heavy atom. The molecule has 112 valence electrons. The standard InChI is InChI=1S/C14H15ClN2O3S/c1-20-13-5-3-2-4-10(13)9-17-21(18,19)14-7-6-11(16)8-12(14)15/h2-8,17H,9,16H2,1H3. The summed E-state index contributed by atoms with van der Waals surface area (Å²) < 4.78 is 32.2. The molecule has 0 spiro atoms. The molecule has 21 heavy (non-hydrogen) atoms. The van der Waals surface area contributed by atoms with Crippen molar-refractivity contribution >= 4 is 27.3 Å². The van der Waals surface area contributed by atoms with Crippen molar-refractivity contribution in [1.29, 1.82) is 0 Å². The van der Waals surface area contributed by atoms with Gasteiger partial charge in [0.15, 0.2) is 0 Å². The van der Waals surface area contributed by atoms with Crippen molar-refractivity contribution in [2.24, 2.45) is 0 Å². The van der Waals surface area contributed by atoms with E-state index in [-0.39, 0.29) is 16.5 Å². The van der Waals surface area contributed by atoms with E-state index < -0.39 is 10.0 Å². The zero-order chi connectivity index (χ0) is 15.5. The Morgan fingerprint density at radius 3 is 2.62 bits per heavy atom. The van der Waals surface area contributed by atoms with Gasteiger partial charge in [-0.05, 0) is 24.3 Å². The van der Waals surface area contributed by atoms with Crippen LogP contribution in [0.3, 0.4) is 0 Å². The summed E-state index contributed by atoms with van der Waals surface area (Å²) in [6, 6.07) is 11.4. The Hall–Kier alpha value is -1.76. The number of ether oxygens (including phenoxy) is 1. The molecule has 0 atom stereocenters. The molecule has 2 aromatic rings. The third kappa shape index (κ3) is 3.66. The second-order valence-electron chi connectivity index (χ2n) is 4.33. The van der Waals surface area contributed by atoms with Gasteiger partial charge in [-0.15, -0.1) is 0 Å². The third-order valence-corrected chi connectivity index (χ3v) is 4.77. The van der Waals surface area contributed by atoms with E-state index in [0.29, 0.717) is 11.4 Å². The maximum Gasteiger partial charge on any atom is 0.242 e. The maximum absolute atomic E-state index is 12.3. The van der Waals surface area contributed by atoms with Gasteiger partial charge in [0.05, 0.1) is 12.1 Å². The van der Waals surface area contributed by atoms with Crippen LogP contribution in [0, 0.1) is 0 Å². The highest BCUT2D eigenvalue weighted by Gasteiger charge is 2.18. The van der Waals surface area contributed by atoms with Gasteiger partial charge in [0, 0.05) is 17.8 Å². The van der Waals surface area contributed by atoms with Crippen LogP contribution in [-0.2, 0) is 16.6 Å². The molecule has 0 aliphatic heterocycles. The van der Waals surface area contributed by atoms with Crippen LogP contribution in [0.4, 0.5) is 5.69 Å². The molecule has 0 aliphatic carbocycles. The molecular weight excluding hydrogens is 312 g/mol. The van der Waals surface area contributed by atoms with E-state index in [9.17, 15) is 8.42 Å². The predicted octanol–water partition coefficient (Wildman–Crippen LogP) is 2.41. The molecule has 3 N–H and O–H groups in total. The average molecular weight is 327 g/mol. The Kier molecular flexibility index (Phi) is 4.72. The summed E-state index contributed by atoms with van der Waals surface area (Å²) in [5.41, 5.74) is 6.70. The topological polar surface area (TPSA) is 81.4 Å². The zero-order valence-electron chi connectivity index (χ0n) is 11.3. The molecule has 0 amide bonds. The lowest BCUT2D eigenvalue weighted by molar-refractivity contribution is 0.409. The van der Waals surface area contributed by atoms with Gasteiger partial charge >= 0.3 is 0 Å². The lowest BCUT2D eigenvalue weighted by Crippen LogP contribution is -2.23. The van der Waals surface area contributed by atoms with Crippen molar-refractivity contribution in [2.75, 3.05) is 12.8 Å². The first kappa shape index (κ1) is 15.6. The minimum Gasteiger partial charge on any atom is -0.496 e. The van der Waals surface area contributed by atoms with Gasteiger partial charge in [0.25, 0.3) is 0 Å². The van der Waals surface area contributed by atoms with Crippen LogP contribution in [0.25, 0.3) is 0 Å². The van der Waals surface area contributed by atoms with Crippen molar-refractivity contribution in [1.82, 2.24) is 4.72 Å². The Morgan fingerprint density at radius 1 is 1.24 bits per heavy atom. The van der Waals surface area contributed by atoms with Gasteiger partial charge in [0.2, 0.25) is 10.0 Å². The summed E-state index contributed by atoms with van der Waals surface area (Å²) >= 11 is 5.93. The molecule has 2 rings (SSSR count). The number of benzene rings is 2. The number of halogens is 1. The van der Waals surface area contributed by atoms with Crippen molar-refractivity contribution in [2.45, 2.75) is 11.4 Å². The highest BCUT2D eigenvalue weighted by Crippen LogP contribution is 2.24. The number of hydrogen-bond acceptors (Lipinski definition) is 4. The van der Waals surface area contributed by atoms with E-state index >= 15 is 0 Å². The second-order valence-corrected chi connectivity index (χ2v) is 6.47. The van der Waals surface area contributed by atoms with E-state index in [2.05, 4.69) is 4.72 Å². The fourth-order valence-corrected chi connectivity index (χ4v) is 3.39. The molecule has 0 radical (unpaired) electrons. The molecule has 0 aliphatic rings. The van der Waals surface area contributed by atoms with Gasteiger partial charge < -0.3 is 10.5 Å². The number of methoxy groups -OCH3 is 1. The first-order valence-corrected chi connectivity index (χ1v) is 7.97. The van der Waals surface area contributed by atoms with Crippen molar-refractivity contribution in [3.05, 3.63) is 53.1 Å². The van der Waals surface area contributed by atoms with Crippen molar-refractivity contribution in [3.8, 4) is 5.75 Å². The van der Waals surface area contributed by atoms with Crippen molar-refractivity contribution in [3.63, 3.8) is 0 Å². The van der Waals surface area contributed by atoms with Crippen molar-refractivity contribution < 1.29 is 13.2 Å². The normalized spacial score (nSPS) is 11.3. The molecule has 0 saturated carbocycles. The molecular formula is C14H15ClN2O3S. The summed E-state index contributed by atoms with van der Waals surface area (Å²) in [5.74, 6) is 0.614. The minimum absolute atomic E-state index is 0.00624. The van der Waals surface area contributed by atoms with E-state index in [1.807, 2.05) is 12.1 Å². The Balaban J connectivity index is 2.22. The van der Waals surface area contributed by atoms with Crippen LogP contribution in [0.2, 0.25) is 5.02 Å². The van der Waals surface area contributed by atoms with E-state index in [0.717, 1.165) is 5.56 Å². The van der Waals surface area contributed by atoms with Crippen LogP contribution >= 0.6 is 11.6 Å². The highest BCUT2D eigenvalue weighted by molar-refractivity contribution is 7.89. The summed E-state index contributed by atoms with van der Waals surface area (Å²) in [5, 5.41) is 0.0857. The van der Waals surface area contributed by atoms with Gasteiger partial charge in [-0.2, -0.15) is 0 Å². The highest BCUT2D eigenvalue weighted by atomic mass is 35.5. The number of nitrogens with one attached hydrogen (secondary N) is 1. The number of nitrogens with two attached hydrogens (primary N) is 1. The largest absolute Gasteiger partial charge is 0.496 e. The lowest BCUT2D eigenvalue weighted by atomic mass is 10.2. The van der Waals surface area contributed by atoms with Crippen LogP contribution < -0.4 is 15.2 Å². The fourth-order valence-electron chi connectivity index (χ4n) is 1.83. The first-order valence-electron chi connectivity index (χ1n) is 6.10. The van der Waals surface area contributed by atoms with E-state index in [4.69, 9.17) is 22.1 Å². The van der Waals surface area contributed by atoms with Gasteiger partial charge in [-0.1, -0.05) is 29.8 Å². The van der Waals surface area contributed by atoms with E-state index in [1.165, 1.54) is 25.3 Å². The smallest absolute Gasteiger partial charge is 0.242 e. The summed E-state index contributed by atoms with van der Waals surface area (Å²) in [4.78, 5) is -0.00624. The fraction of sp³-hybridized carbons (Fsp3) is 0.143. The van der Waals surface area contributed by atoms with Gasteiger partial charge in [0.1, 0.15) is 10.6 Å². The average Bonchev–Trinajstić information content (AvgIpc) is 2.45. The Bertz CT molecular complexity index is 748. The molecule has 0 fully saturated rings. The number of hydrogen-bond donors (Lipinski definition) is 2. The number of nitrogen functional groups attached to an aromatic ring is 1. The monoisotopic (exact) mass is 326 g/mol. The van der Waals surface area contributed by atoms with Gasteiger partial charge in [-0.3, -0.25) is 0 Å². The number of anilines is 1. The molecule has 0 unspecified atom stereocenters. The second kappa shape index (κ2) is 6.34. The zero-order valence-corrected chi connectivity index (χ0v) is 12.9. The predicted molar refractivity (Wildman–Crippen MR) is 82.9 cm³/mol. The molecule has 0 bridgehead atoms.